The van der Waals surface area contributed by atoms with Crippen molar-refractivity contribution in [3.8, 4) is 0 Å². The van der Waals surface area contributed by atoms with Crippen molar-refractivity contribution in [3.05, 3.63) is 20.2 Å². The Kier molecular flexibility index (Phi) is 13.4. The van der Waals surface area contributed by atoms with Crippen LogP contribution < -0.4 is 0 Å². The van der Waals surface area contributed by atoms with Crippen molar-refractivity contribution in [1.82, 2.24) is 0 Å². The van der Waals surface area contributed by atoms with E-state index in [0.29, 0.717) is 70.6 Å². The van der Waals surface area contributed by atoms with E-state index in [1.165, 1.54) is 0 Å². The average molecular weight is 713 g/mol. The maximum Gasteiger partial charge on any atom is 0.317 e. The normalized spacial score (nSPS) is 38.7. The highest BCUT2D eigenvalue weighted by Gasteiger charge is 2.52. The Bertz CT molecular complexity index is 1160. The molecule has 9 atom stereocenters. The number of hydrogen-bond acceptors (Lipinski definition) is 12. The molecule has 16 nitrogen and oxygen atoms in total. The zero-order valence-corrected chi connectivity index (χ0v) is 28.5. The van der Waals surface area contributed by atoms with Gasteiger partial charge in [0.1, 0.15) is 18.1 Å². The van der Waals surface area contributed by atoms with Crippen molar-refractivity contribution in [1.29, 1.82) is 0 Å². The smallest absolute Gasteiger partial charge is 0.317 e. The van der Waals surface area contributed by atoms with Gasteiger partial charge in [0.2, 0.25) is 12.1 Å². The molecule has 50 heavy (non-hydrogen) atoms. The van der Waals surface area contributed by atoms with Gasteiger partial charge in [-0.3, -0.25) is 39.9 Å². The fourth-order valence-electron chi connectivity index (χ4n) is 9.64. The molecular formula is C34H52N2O14. The fourth-order valence-corrected chi connectivity index (χ4v) is 9.64. The van der Waals surface area contributed by atoms with Crippen LogP contribution in [0.4, 0.5) is 0 Å². The highest BCUT2D eigenvalue weighted by Crippen LogP contribution is 2.43. The summed E-state index contributed by atoms with van der Waals surface area (Å²) in [6.45, 7) is 0. The summed E-state index contributed by atoms with van der Waals surface area (Å²) < 4.78 is 18.7. The summed E-state index contributed by atoms with van der Waals surface area (Å²) in [5.41, 5.74) is 0. The van der Waals surface area contributed by atoms with Crippen LogP contribution in [0.25, 0.3) is 0 Å². The number of ether oxygens (including phenoxy) is 3. The highest BCUT2D eigenvalue weighted by molar-refractivity contribution is 5.82. The molecule has 5 fully saturated rings. The van der Waals surface area contributed by atoms with E-state index in [2.05, 4.69) is 0 Å². The lowest BCUT2D eigenvalue weighted by Crippen LogP contribution is -2.51. The molecule has 9 unspecified atom stereocenters. The van der Waals surface area contributed by atoms with Crippen LogP contribution in [-0.4, -0.2) is 91.9 Å². The maximum absolute atomic E-state index is 13.0. The predicted octanol–water partition coefficient (Wildman–Crippen LogP) is 4.89. The second-order valence-corrected chi connectivity index (χ2v) is 15.2. The molecule has 0 aromatic heterocycles. The van der Waals surface area contributed by atoms with Gasteiger partial charge in [-0.15, -0.1) is 0 Å². The summed E-state index contributed by atoms with van der Waals surface area (Å²) in [7, 11) is 0. The van der Waals surface area contributed by atoms with Crippen LogP contribution in [0.5, 0.6) is 0 Å². The standard InChI is InChI=1S/C34H52N2O14/c37-32(38)25-6-2-8-27(35(42)43)29(25)31(50-46)19-10-12-20(13-11-19)47-23-4-1-5-24(18-23)48-21-14-16-22(17-15-21)49-34(41)30-26(33(39)40)7-3-9-28(30)36(44)45/h19-31,46H,1-18H2,(H,37,38)(H,39,40). The molecule has 3 N–H and O–H groups in total. The van der Waals surface area contributed by atoms with Crippen molar-refractivity contribution < 1.29 is 58.8 Å². The lowest BCUT2D eigenvalue weighted by Gasteiger charge is -2.41. The molecule has 0 bridgehead atoms. The zero-order valence-electron chi connectivity index (χ0n) is 28.5. The van der Waals surface area contributed by atoms with Crippen molar-refractivity contribution in [2.75, 3.05) is 0 Å². The van der Waals surface area contributed by atoms with Crippen molar-refractivity contribution in [2.24, 2.45) is 29.6 Å². The first-order chi connectivity index (χ1) is 24.0. The van der Waals surface area contributed by atoms with Crippen molar-refractivity contribution in [3.63, 3.8) is 0 Å². The largest absolute Gasteiger partial charge is 0.481 e. The van der Waals surface area contributed by atoms with Gasteiger partial charge in [0.25, 0.3) is 0 Å². The highest BCUT2D eigenvalue weighted by atomic mass is 17.1. The van der Waals surface area contributed by atoms with E-state index < -0.39 is 75.7 Å². The first-order valence-electron chi connectivity index (χ1n) is 18.5. The Morgan fingerprint density at radius 2 is 1.08 bits per heavy atom. The number of nitrogens with zero attached hydrogens (tertiary/aromatic N) is 2. The Morgan fingerprint density at radius 3 is 1.60 bits per heavy atom. The lowest BCUT2D eigenvalue weighted by atomic mass is 9.68. The molecule has 0 saturated heterocycles. The van der Waals surface area contributed by atoms with E-state index in [-0.39, 0.29) is 49.6 Å². The number of carbonyl (C=O) groups excluding carboxylic acids is 1. The molecule has 0 heterocycles. The van der Waals surface area contributed by atoms with Crippen molar-refractivity contribution >= 4 is 17.9 Å². The minimum Gasteiger partial charge on any atom is -0.481 e. The first kappa shape index (κ1) is 38.3. The van der Waals surface area contributed by atoms with Gasteiger partial charge in [-0.1, -0.05) is 0 Å². The molecule has 282 valence electrons. The molecule has 0 spiro atoms. The summed E-state index contributed by atoms with van der Waals surface area (Å²) in [4.78, 5) is 64.0. The van der Waals surface area contributed by atoms with E-state index in [4.69, 9.17) is 19.1 Å². The third-order valence-electron chi connectivity index (χ3n) is 12.2. The van der Waals surface area contributed by atoms with Gasteiger partial charge in [-0.25, -0.2) is 4.89 Å². The zero-order chi connectivity index (χ0) is 35.9. The minimum atomic E-state index is -1.29. The molecule has 0 aromatic carbocycles. The summed E-state index contributed by atoms with van der Waals surface area (Å²) in [5.74, 6) is -7.54. The molecule has 0 aromatic rings. The van der Waals surface area contributed by atoms with Gasteiger partial charge in [0.15, 0.2) is 0 Å². The Morgan fingerprint density at radius 1 is 0.600 bits per heavy atom. The number of nitro groups is 2. The number of hydrogen-bond donors (Lipinski definition) is 3. The Labute approximate surface area is 290 Å². The molecule has 0 amide bonds. The van der Waals surface area contributed by atoms with E-state index in [9.17, 15) is 50.1 Å². The third-order valence-corrected chi connectivity index (χ3v) is 12.2. The van der Waals surface area contributed by atoms with Crippen LogP contribution in [0, 0.1) is 49.8 Å². The van der Waals surface area contributed by atoms with Crippen LogP contribution in [0.1, 0.15) is 116 Å². The molecule has 0 radical (unpaired) electrons. The van der Waals surface area contributed by atoms with Crippen molar-refractivity contribution in [2.45, 2.75) is 164 Å². The number of aliphatic carboxylic acids is 2. The lowest BCUT2D eigenvalue weighted by molar-refractivity contribution is -0.544. The molecule has 16 heteroatoms. The Balaban J connectivity index is 1.05. The molecule has 5 aliphatic rings. The van der Waals surface area contributed by atoms with Gasteiger partial charge < -0.3 is 24.4 Å². The van der Waals surface area contributed by atoms with Gasteiger partial charge in [0, 0.05) is 22.7 Å². The first-order valence-corrected chi connectivity index (χ1v) is 18.5. The van der Waals surface area contributed by atoms with E-state index in [1.807, 2.05) is 0 Å². The topological polar surface area (TPSA) is 235 Å². The number of esters is 1. The van der Waals surface area contributed by atoms with Crippen LogP contribution >= 0.6 is 0 Å². The quantitative estimate of drug-likeness (QED) is 0.0998. The Hall–Kier alpha value is -2.95. The van der Waals surface area contributed by atoms with Crippen LogP contribution in [0.3, 0.4) is 0 Å². The van der Waals surface area contributed by atoms with Crippen LogP contribution in [0.2, 0.25) is 0 Å². The van der Waals surface area contributed by atoms with Gasteiger partial charge in [-0.2, -0.15) is 0 Å². The van der Waals surface area contributed by atoms with Gasteiger partial charge in [-0.05, 0) is 109 Å². The minimum absolute atomic E-state index is 0.0123. The summed E-state index contributed by atoms with van der Waals surface area (Å²) in [5, 5.41) is 52.6. The van der Waals surface area contributed by atoms with Gasteiger partial charge in [0.05, 0.1) is 42.2 Å². The summed E-state index contributed by atoms with van der Waals surface area (Å²) in [6.07, 6.45) is 8.87. The third kappa shape index (κ3) is 9.28. The fraction of sp³-hybridized carbons (Fsp3) is 0.912. The second kappa shape index (κ2) is 17.5. The van der Waals surface area contributed by atoms with Gasteiger partial charge >= 0.3 is 17.9 Å². The molecular weight excluding hydrogens is 660 g/mol. The predicted molar refractivity (Wildman–Crippen MR) is 172 cm³/mol. The maximum atomic E-state index is 13.0. The van der Waals surface area contributed by atoms with E-state index >= 15 is 0 Å². The second-order valence-electron chi connectivity index (χ2n) is 15.2. The van der Waals surface area contributed by atoms with E-state index in [0.717, 1.165) is 25.7 Å². The summed E-state index contributed by atoms with van der Waals surface area (Å²) >= 11 is 0. The monoisotopic (exact) mass is 712 g/mol. The van der Waals surface area contributed by atoms with Crippen LogP contribution in [0.15, 0.2) is 0 Å². The molecule has 5 saturated carbocycles. The average Bonchev–Trinajstić information content (AvgIpc) is 3.09. The number of carboxylic acids is 2. The number of carbonyl (C=O) groups is 3. The molecule has 5 rings (SSSR count). The summed E-state index contributed by atoms with van der Waals surface area (Å²) in [6, 6.07) is -2.33. The molecule has 5 aliphatic carbocycles. The van der Waals surface area contributed by atoms with E-state index in [1.54, 1.807) is 0 Å². The SMILES string of the molecule is O=C(O)C1CCCC([N+](=O)[O-])C1C(=O)OC1CCC(OC2CCCC(OC3CCC(C(OO)C4C(C(=O)O)CCCC4[N+](=O)[O-])CC3)C2)CC1. The molecule has 0 aliphatic heterocycles. The number of carboxylic acid groups (broad SMARTS) is 2. The number of rotatable bonds is 13. The van der Waals surface area contributed by atoms with Crippen LogP contribution in [-0.2, 0) is 33.5 Å².